The van der Waals surface area contributed by atoms with Gasteiger partial charge < -0.3 is 25.5 Å². The van der Waals surface area contributed by atoms with E-state index in [1.165, 1.54) is 0 Å². The average molecular weight is 478 g/mol. The molecular weight excluding hydrogens is 446 g/mol. The first kappa shape index (κ1) is 21.9. The predicted octanol–water partition coefficient (Wildman–Crippen LogP) is 1.47. The van der Waals surface area contributed by atoms with Crippen LogP contribution in [0.1, 0.15) is 36.2 Å². The number of hydrogen-bond acceptors (Lipinski definition) is 10. The number of fused-ring (bicyclic) bond motifs is 2. The Kier molecular flexibility index (Phi) is 5.57. The standard InChI is InChI=1S/C24H31N9O2/c1-15-11-21(32-31-15)24(25)18-14-28-33(17-5-9-34-10-6-17)22(18)29-23(30-24)27-13-16-3-4-20-19(12-16)26-7-2-8-35-20/h3-4,11-12,14,17,26,28H,2,5-10,13,25H2,1H3,(H,27,30)(H,31,32). The van der Waals surface area contributed by atoms with Crippen LogP contribution in [0.15, 0.2) is 46.0 Å². The van der Waals surface area contributed by atoms with Gasteiger partial charge in [-0.2, -0.15) is 10.1 Å². The molecule has 184 valence electrons. The molecule has 1 aromatic carbocycles. The SMILES string of the molecule is Cc1cc(C2(N)N=C(NCc3ccc4c(c3)NCCCO4)N=C3C2=CNN3C2CCOCC2)n[nH]1. The Morgan fingerprint density at radius 3 is 2.94 bits per heavy atom. The minimum Gasteiger partial charge on any atom is -0.491 e. The van der Waals surface area contributed by atoms with E-state index < -0.39 is 5.66 Å². The molecule has 6 N–H and O–H groups in total. The molecule has 1 fully saturated rings. The van der Waals surface area contributed by atoms with E-state index in [9.17, 15) is 0 Å². The summed E-state index contributed by atoms with van der Waals surface area (Å²) in [5, 5.41) is 16.4. The van der Waals surface area contributed by atoms with Crippen LogP contribution in [0.3, 0.4) is 0 Å². The molecule has 11 nitrogen and oxygen atoms in total. The van der Waals surface area contributed by atoms with E-state index in [4.69, 9.17) is 25.2 Å². The minimum absolute atomic E-state index is 0.261. The molecule has 0 spiro atoms. The van der Waals surface area contributed by atoms with Gasteiger partial charge in [0.2, 0.25) is 5.96 Å². The molecule has 4 aliphatic heterocycles. The lowest BCUT2D eigenvalue weighted by atomic mass is 9.95. The first-order valence-electron chi connectivity index (χ1n) is 12.2. The van der Waals surface area contributed by atoms with Crippen molar-refractivity contribution in [3.05, 3.63) is 53.0 Å². The second kappa shape index (κ2) is 8.90. The smallest absolute Gasteiger partial charge is 0.222 e. The van der Waals surface area contributed by atoms with Gasteiger partial charge in [0, 0.05) is 38.2 Å². The van der Waals surface area contributed by atoms with Crippen LogP contribution in [0.25, 0.3) is 0 Å². The molecule has 11 heteroatoms. The van der Waals surface area contributed by atoms with E-state index >= 15 is 0 Å². The fourth-order valence-electron chi connectivity index (χ4n) is 4.86. The number of aromatic amines is 1. The second-order valence-corrected chi connectivity index (χ2v) is 9.29. The second-order valence-electron chi connectivity index (χ2n) is 9.29. The highest BCUT2D eigenvalue weighted by Gasteiger charge is 2.46. The van der Waals surface area contributed by atoms with E-state index in [0.29, 0.717) is 18.2 Å². The molecule has 35 heavy (non-hydrogen) atoms. The zero-order valence-corrected chi connectivity index (χ0v) is 19.8. The number of ether oxygens (including phenoxy) is 2. The summed E-state index contributed by atoms with van der Waals surface area (Å²) in [6, 6.07) is 8.36. The molecule has 0 amide bonds. The Bertz CT molecular complexity index is 1200. The molecule has 0 bridgehead atoms. The fraction of sp³-hybridized carbons (Fsp3) is 0.458. The number of guanidine groups is 1. The van der Waals surface area contributed by atoms with Gasteiger partial charge in [0.05, 0.1) is 23.9 Å². The summed E-state index contributed by atoms with van der Waals surface area (Å²) < 4.78 is 11.4. The van der Waals surface area contributed by atoms with Crippen molar-refractivity contribution >= 4 is 17.5 Å². The number of nitrogens with one attached hydrogen (secondary N) is 4. The van der Waals surface area contributed by atoms with E-state index in [2.05, 4.69) is 43.4 Å². The average Bonchev–Trinajstić information content (AvgIpc) is 3.44. The zero-order chi connectivity index (χ0) is 23.8. The quantitative estimate of drug-likeness (QED) is 0.446. The van der Waals surface area contributed by atoms with E-state index in [1.807, 2.05) is 25.3 Å². The fourth-order valence-corrected chi connectivity index (χ4v) is 4.86. The highest BCUT2D eigenvalue weighted by atomic mass is 16.5. The number of aromatic nitrogens is 2. The van der Waals surface area contributed by atoms with Crippen LogP contribution in [-0.4, -0.2) is 59.4 Å². The van der Waals surface area contributed by atoms with Crippen molar-refractivity contribution in [2.75, 3.05) is 31.7 Å². The highest BCUT2D eigenvalue weighted by molar-refractivity contribution is 6.10. The van der Waals surface area contributed by atoms with Gasteiger partial charge >= 0.3 is 0 Å². The third-order valence-electron chi connectivity index (χ3n) is 6.76. The van der Waals surface area contributed by atoms with Gasteiger partial charge in [-0.15, -0.1) is 0 Å². The maximum Gasteiger partial charge on any atom is 0.222 e. The molecule has 1 atom stereocenters. The largest absolute Gasteiger partial charge is 0.491 e. The van der Waals surface area contributed by atoms with Gasteiger partial charge in [0.1, 0.15) is 11.4 Å². The van der Waals surface area contributed by atoms with Crippen molar-refractivity contribution in [3.8, 4) is 5.75 Å². The summed E-state index contributed by atoms with van der Waals surface area (Å²) in [4.78, 5) is 9.75. The number of rotatable bonds is 4. The number of hydrazine groups is 1. The lowest BCUT2D eigenvalue weighted by Gasteiger charge is -2.36. The third kappa shape index (κ3) is 4.10. The number of aryl methyl sites for hydroxylation is 1. The van der Waals surface area contributed by atoms with Gasteiger partial charge in [-0.25, -0.2) is 4.99 Å². The van der Waals surface area contributed by atoms with Crippen LogP contribution in [0.2, 0.25) is 0 Å². The Hall–Kier alpha value is -3.57. The van der Waals surface area contributed by atoms with Crippen LogP contribution in [0.4, 0.5) is 5.69 Å². The normalized spacial score (nSPS) is 24.1. The van der Waals surface area contributed by atoms with Crippen LogP contribution < -0.4 is 26.5 Å². The van der Waals surface area contributed by atoms with Crippen LogP contribution >= 0.6 is 0 Å². The Morgan fingerprint density at radius 1 is 1.23 bits per heavy atom. The summed E-state index contributed by atoms with van der Waals surface area (Å²) in [5.74, 6) is 2.13. The van der Waals surface area contributed by atoms with Crippen molar-refractivity contribution in [3.63, 3.8) is 0 Å². The number of nitrogens with zero attached hydrogens (tertiary/aromatic N) is 4. The van der Waals surface area contributed by atoms with Gasteiger partial charge in [0.25, 0.3) is 0 Å². The van der Waals surface area contributed by atoms with Gasteiger partial charge in [-0.1, -0.05) is 6.07 Å². The Morgan fingerprint density at radius 2 is 2.11 bits per heavy atom. The van der Waals surface area contributed by atoms with E-state index in [-0.39, 0.29) is 6.04 Å². The first-order valence-corrected chi connectivity index (χ1v) is 12.2. The maximum absolute atomic E-state index is 6.96. The monoisotopic (exact) mass is 477 g/mol. The molecule has 5 heterocycles. The van der Waals surface area contributed by atoms with Crippen molar-refractivity contribution in [2.24, 2.45) is 15.7 Å². The molecule has 1 unspecified atom stereocenters. The molecule has 2 aromatic rings. The number of anilines is 1. The van der Waals surface area contributed by atoms with Gasteiger partial charge in [-0.05, 0) is 49.9 Å². The zero-order valence-electron chi connectivity index (χ0n) is 19.8. The Labute approximate surface area is 203 Å². The van der Waals surface area contributed by atoms with Gasteiger partial charge in [-0.3, -0.25) is 15.8 Å². The summed E-state index contributed by atoms with van der Waals surface area (Å²) in [5.41, 5.74) is 13.6. The summed E-state index contributed by atoms with van der Waals surface area (Å²) in [6.07, 6.45) is 4.71. The van der Waals surface area contributed by atoms with E-state index in [1.54, 1.807) is 0 Å². The van der Waals surface area contributed by atoms with Crippen molar-refractivity contribution in [1.82, 2.24) is 25.9 Å². The number of benzene rings is 1. The molecular formula is C24H31N9O2. The molecule has 1 saturated heterocycles. The van der Waals surface area contributed by atoms with Crippen molar-refractivity contribution < 1.29 is 9.47 Å². The lowest BCUT2D eigenvalue weighted by molar-refractivity contribution is 0.0488. The molecule has 1 aromatic heterocycles. The summed E-state index contributed by atoms with van der Waals surface area (Å²) in [7, 11) is 0. The van der Waals surface area contributed by atoms with Crippen molar-refractivity contribution in [2.45, 2.75) is 44.4 Å². The molecule has 0 aliphatic carbocycles. The number of aliphatic imine (C=N–C) groups is 2. The topological polar surface area (TPSA) is 137 Å². The predicted molar refractivity (Wildman–Crippen MR) is 133 cm³/mol. The highest BCUT2D eigenvalue weighted by Crippen LogP contribution is 2.35. The summed E-state index contributed by atoms with van der Waals surface area (Å²) >= 11 is 0. The van der Waals surface area contributed by atoms with Crippen LogP contribution in [0, 0.1) is 6.92 Å². The van der Waals surface area contributed by atoms with Crippen LogP contribution in [-0.2, 0) is 16.9 Å². The number of amidine groups is 1. The molecule has 6 rings (SSSR count). The Balaban J connectivity index is 1.29. The molecule has 0 radical (unpaired) electrons. The first-order chi connectivity index (χ1) is 17.1. The summed E-state index contributed by atoms with van der Waals surface area (Å²) in [6.45, 7) is 5.58. The lowest BCUT2D eigenvalue weighted by Crippen LogP contribution is -2.51. The number of nitrogens with two attached hydrogens (primary N) is 1. The third-order valence-corrected chi connectivity index (χ3v) is 6.76. The maximum atomic E-state index is 6.96. The van der Waals surface area contributed by atoms with Gasteiger partial charge in [0.15, 0.2) is 11.5 Å². The number of H-pyrrole nitrogens is 1. The van der Waals surface area contributed by atoms with Crippen LogP contribution in [0.5, 0.6) is 5.75 Å². The molecule has 0 saturated carbocycles. The number of hydrogen-bond donors (Lipinski definition) is 5. The molecule has 4 aliphatic rings. The van der Waals surface area contributed by atoms with Crippen molar-refractivity contribution in [1.29, 1.82) is 0 Å². The van der Waals surface area contributed by atoms with E-state index in [0.717, 1.165) is 79.7 Å². The minimum atomic E-state index is -1.17.